The van der Waals surface area contributed by atoms with Crippen LogP contribution in [-0.4, -0.2) is 158 Å². The number of amidine groups is 1. The number of carbonyl (C=O) groups is 5. The smallest absolute Gasteiger partial charge is 0.390 e. The number of aromatic nitrogens is 8. The molecule has 7 heterocycles. The number of ketones is 2. The first-order chi connectivity index (χ1) is 49.7. The highest BCUT2D eigenvalue weighted by atomic mass is 35.5. The van der Waals surface area contributed by atoms with Crippen LogP contribution in [0.15, 0.2) is 143 Å². The molecule has 0 amide bonds. The molecule has 0 saturated carbocycles. The number of H-pyrrole nitrogens is 4. The lowest BCUT2D eigenvalue weighted by Gasteiger charge is -2.22. The predicted molar refractivity (Wildman–Crippen MR) is 418 cm³/mol. The van der Waals surface area contributed by atoms with Crippen LogP contribution < -0.4 is 22.6 Å². The summed E-state index contributed by atoms with van der Waals surface area (Å²) < 4.78 is 35.5. The molecular weight excluding hydrogens is 1490 g/mol. The summed E-state index contributed by atoms with van der Waals surface area (Å²) in [5.74, 6) is -1.18. The standard InChI is InChI=1S/C15H17N3O3.C13H10ClN3.C13H11N3O.C10H15NO4.C8H11NO3.C7H8N2.C5H7NO2.C3H5ClO.3ClH/c1-15(20-7-8-21-15)9-11-12(16)17-13(18-14(11)19)10-5-3-2-4-6-10;1-8-7-10-11(14)16-12(17-13(10)15-8)9-5-3-2-4-6-9;1-8-7-10-12(14-8)15-11(16-13(10)17)9-5-3-2-4-6-9;1-4-13-9(12)8(11-3)7-10(2)14-5-6-15-10;1-4-12-8(11)7(9-3)5-6(2)10;8-7(9)6-4-2-1-3-5-6;1-3-8-5(7)4-6-2;1-3(5)2-4;;;/h2-6H,7-9H2,1H3,(H3,16,17,18,19);2-7H,1H3,(H,15,16,17);2-7H,1H3,(H2,14,15,16,17);8H,4-7H2,1-2H3;7H,4-5H2,1-2H3;1-5H,(H3,8,9);3-4H2,1H3;2H2,1H3;3*1H. The third kappa shape index (κ3) is 32.9. The largest absolute Gasteiger partial charge is 0.460 e. The highest BCUT2D eigenvalue weighted by molar-refractivity contribution is 6.34. The van der Waals surface area contributed by atoms with E-state index < -0.39 is 41.6 Å². The van der Waals surface area contributed by atoms with E-state index in [-0.39, 0.29) is 116 Å². The predicted octanol–water partition coefficient (Wildman–Crippen LogP) is 12.5. The van der Waals surface area contributed by atoms with Gasteiger partial charge in [0.15, 0.2) is 17.4 Å². The van der Waals surface area contributed by atoms with Crippen LogP contribution in [-0.2, 0) is 63.6 Å². The summed E-state index contributed by atoms with van der Waals surface area (Å²) in [5, 5.41) is 8.96. The van der Waals surface area contributed by atoms with Gasteiger partial charge in [0.05, 0.1) is 81.3 Å². The van der Waals surface area contributed by atoms with Crippen LogP contribution in [0.25, 0.3) is 70.8 Å². The molecule has 0 spiro atoms. The number of anilines is 1. The maximum Gasteiger partial charge on any atom is 0.390 e. The van der Waals surface area contributed by atoms with Gasteiger partial charge in [-0.3, -0.25) is 24.6 Å². The van der Waals surface area contributed by atoms with Gasteiger partial charge in [0.2, 0.25) is 0 Å². The quantitative estimate of drug-likeness (QED) is 0.00846. The summed E-state index contributed by atoms with van der Waals surface area (Å²) in [6.07, 6.45) is 0.438. The number of alkyl halides is 1. The number of aryl methyl sites for hydroxylation is 2. The molecule has 4 aromatic carbocycles. The second-order valence-corrected chi connectivity index (χ2v) is 23.2. The minimum atomic E-state index is -0.956. The number of halogens is 5. The lowest BCUT2D eigenvalue weighted by Crippen LogP contribution is -2.34. The number of esters is 3. The van der Waals surface area contributed by atoms with Gasteiger partial charge in [-0.2, -0.15) is 0 Å². The number of nitrogens with two attached hydrogens (primary N) is 2. The molecule has 2 unspecified atom stereocenters. The fraction of sp³-hybridized carbons (Fsp3) is 0.338. The zero-order chi connectivity index (χ0) is 76.8. The Hall–Kier alpha value is -10.4. The fourth-order valence-electron chi connectivity index (χ4n) is 9.13. The van der Waals surface area contributed by atoms with Crippen molar-refractivity contribution in [1.29, 1.82) is 5.41 Å². The summed E-state index contributed by atoms with van der Waals surface area (Å²) in [6, 6.07) is 40.0. The molecule has 2 aliphatic rings. The molecule has 2 atom stereocenters. The maximum atomic E-state index is 12.3. The molecule has 2 fully saturated rings. The van der Waals surface area contributed by atoms with Gasteiger partial charge in [-0.15, -0.1) is 48.8 Å². The molecule has 11 rings (SSSR count). The number of aromatic amines is 4. The van der Waals surface area contributed by atoms with Crippen molar-refractivity contribution in [2.75, 3.05) is 64.4 Å². The molecule has 9 N–H and O–H groups in total. The number of nitrogens with one attached hydrogen (secondary N) is 5. The average Bonchev–Trinajstić information content (AvgIpc) is 1.73. The molecule has 33 heteroatoms. The van der Waals surface area contributed by atoms with Crippen molar-refractivity contribution < 1.29 is 57.1 Å². The van der Waals surface area contributed by atoms with Gasteiger partial charge < -0.3 is 79.1 Å². The third-order valence-electron chi connectivity index (χ3n) is 13.9. The molecule has 5 aromatic heterocycles. The van der Waals surface area contributed by atoms with Gasteiger partial charge in [-0.1, -0.05) is 133 Å². The summed E-state index contributed by atoms with van der Waals surface area (Å²) in [5.41, 5.74) is 18.0. The molecule has 0 aliphatic carbocycles. The number of hydrogen-bond acceptors (Lipinski definition) is 20. The van der Waals surface area contributed by atoms with Crippen LogP contribution in [0.2, 0.25) is 5.15 Å². The monoisotopic (exact) mass is 1570 g/mol. The number of hydrogen-bond donors (Lipinski definition) is 7. The molecule has 572 valence electrons. The number of benzene rings is 4. The van der Waals surface area contributed by atoms with Crippen molar-refractivity contribution in [3.63, 3.8) is 0 Å². The van der Waals surface area contributed by atoms with E-state index in [1.165, 1.54) is 13.8 Å². The highest BCUT2D eigenvalue weighted by Crippen LogP contribution is 2.28. The number of ether oxygens (including phenoxy) is 7. The Kier molecular flexibility index (Phi) is 43.7. The third-order valence-corrected chi connectivity index (χ3v) is 14.6. The van der Waals surface area contributed by atoms with Crippen molar-refractivity contribution in [2.24, 2.45) is 5.73 Å². The average molecular weight is 1570 g/mol. The zero-order valence-corrected chi connectivity index (χ0v) is 64.3. The van der Waals surface area contributed by atoms with E-state index >= 15 is 0 Å². The van der Waals surface area contributed by atoms with Crippen LogP contribution in [0.3, 0.4) is 0 Å². The summed E-state index contributed by atoms with van der Waals surface area (Å²) >= 11 is 11.1. The van der Waals surface area contributed by atoms with E-state index in [4.69, 9.17) is 83.5 Å². The molecule has 28 nitrogen and oxygen atoms in total. The maximum absolute atomic E-state index is 12.3. The van der Waals surface area contributed by atoms with Crippen molar-refractivity contribution in [2.45, 2.75) is 105 Å². The minimum Gasteiger partial charge on any atom is -0.460 e. The van der Waals surface area contributed by atoms with Gasteiger partial charge in [0, 0.05) is 40.1 Å². The second-order valence-electron chi connectivity index (χ2n) is 22.5. The van der Waals surface area contributed by atoms with E-state index in [1.54, 1.807) is 40.7 Å². The molecule has 2 aliphatic heterocycles. The molecule has 0 radical (unpaired) electrons. The first-order valence-electron chi connectivity index (χ1n) is 32.4. The number of Topliss-reactive ketones (excluding diaryl/α,β-unsaturated/α-hetero) is 2. The first-order valence-corrected chi connectivity index (χ1v) is 33.3. The SMILES string of the molecule is CC(=O)CCl.CC1(Cc2c(N)nc(-c3ccccc3)[nH]c2=O)OCCO1.Cc1cc2c(=O)[nH]c(-c3ccccc3)nc2[nH]1.Cc1cc2c(Cl)nc(-c3ccccc3)nc2[nH]1.Cl.Cl.Cl.N=C(N)c1ccccc1.[C-]#[N+]C(CC(C)=O)C(=O)OCC.[C-]#[N+]C(CC1(C)OCCO1)C(=O)OCC.[C-]#[N+]CC(=O)OCC. The van der Waals surface area contributed by atoms with Gasteiger partial charge in [0.1, 0.15) is 51.3 Å². The Morgan fingerprint density at radius 1 is 0.598 bits per heavy atom. The number of fused-ring (bicyclic) bond motifs is 2. The van der Waals surface area contributed by atoms with Gasteiger partial charge in [0.25, 0.3) is 11.1 Å². The van der Waals surface area contributed by atoms with Crippen molar-refractivity contribution in [3.05, 3.63) is 216 Å². The Labute approximate surface area is 647 Å². The van der Waals surface area contributed by atoms with E-state index in [0.717, 1.165) is 44.7 Å². The molecule has 107 heavy (non-hydrogen) atoms. The Morgan fingerprint density at radius 3 is 1.44 bits per heavy atom. The highest BCUT2D eigenvalue weighted by Gasteiger charge is 2.41. The van der Waals surface area contributed by atoms with Crippen LogP contribution in [0.4, 0.5) is 5.82 Å². The zero-order valence-electron chi connectivity index (χ0n) is 60.3. The molecule has 2 saturated heterocycles. The van der Waals surface area contributed by atoms with Gasteiger partial charge in [-0.25, -0.2) is 54.0 Å². The number of nitrogen functional groups attached to an aromatic ring is 2. The van der Waals surface area contributed by atoms with E-state index in [2.05, 4.69) is 63.9 Å². The van der Waals surface area contributed by atoms with Crippen molar-refractivity contribution in [3.8, 4) is 34.2 Å². The molecule has 0 bridgehead atoms. The Morgan fingerprint density at radius 2 is 1.02 bits per heavy atom. The number of carbonyl (C=O) groups excluding carboxylic acids is 5. The van der Waals surface area contributed by atoms with Gasteiger partial charge in [-0.05, 0) is 74.4 Å². The van der Waals surface area contributed by atoms with E-state index in [9.17, 15) is 33.6 Å². The van der Waals surface area contributed by atoms with Crippen LogP contribution in [0.1, 0.15) is 83.8 Å². The topological polar surface area (TPSA) is 388 Å². The summed E-state index contributed by atoms with van der Waals surface area (Å²) in [6.45, 7) is 37.8. The lowest BCUT2D eigenvalue weighted by molar-refractivity contribution is -0.162. The van der Waals surface area contributed by atoms with Crippen LogP contribution in [0, 0.1) is 39.0 Å². The second kappa shape index (κ2) is 49.4. The lowest BCUT2D eigenvalue weighted by atomic mass is 10.1. The van der Waals surface area contributed by atoms with Crippen molar-refractivity contribution >= 4 is 124 Å². The van der Waals surface area contributed by atoms with E-state index in [0.29, 0.717) is 72.3 Å². The minimum absolute atomic E-state index is 0. The Bertz CT molecular complexity index is 4520. The summed E-state index contributed by atoms with van der Waals surface area (Å²) in [7, 11) is 0. The fourth-order valence-corrected chi connectivity index (χ4v) is 9.35. The first kappa shape index (κ1) is 94.6. The molecule has 9 aromatic rings. The normalized spacial score (nSPS) is 12.6. The van der Waals surface area contributed by atoms with E-state index in [1.807, 2.05) is 141 Å². The van der Waals surface area contributed by atoms with Crippen molar-refractivity contribution in [1.82, 2.24) is 39.9 Å². The van der Waals surface area contributed by atoms with Gasteiger partial charge >= 0.3 is 36.5 Å². The molecular formula is C74H87Cl5N14O14. The number of nitrogens with zero attached hydrogens (tertiary/aromatic N) is 7. The number of rotatable bonds is 17. The summed E-state index contributed by atoms with van der Waals surface area (Å²) in [4.78, 5) is 115. The van der Waals surface area contributed by atoms with Crippen LogP contribution in [0.5, 0.6) is 0 Å². The Balaban J connectivity index is 0.000000626. The van der Waals surface area contributed by atoms with Crippen LogP contribution >= 0.6 is 60.4 Å².